The molecule has 0 aliphatic rings. The van der Waals surface area contributed by atoms with Crippen LogP contribution in [0, 0.1) is 0 Å². The first kappa shape index (κ1) is 14.7. The lowest BCUT2D eigenvalue weighted by Crippen LogP contribution is -2.30. The topological polar surface area (TPSA) is 42.7 Å². The first-order valence-corrected chi connectivity index (χ1v) is 7.39. The van der Waals surface area contributed by atoms with Crippen LogP contribution < -0.4 is 5.32 Å². The van der Waals surface area contributed by atoms with E-state index >= 15 is 0 Å². The van der Waals surface area contributed by atoms with Gasteiger partial charge in [-0.3, -0.25) is 9.67 Å². The van der Waals surface area contributed by atoms with Gasteiger partial charge in [0.2, 0.25) is 0 Å². The molecule has 0 aliphatic heterocycles. The van der Waals surface area contributed by atoms with E-state index in [4.69, 9.17) is 0 Å². The molecule has 1 atom stereocenters. The number of aromatic nitrogens is 3. The number of nitrogens with one attached hydrogen (secondary N) is 1. The van der Waals surface area contributed by atoms with Gasteiger partial charge in [0.05, 0.1) is 0 Å². The fraction of sp³-hybridized carbons (Fsp3) is 0.500. The number of rotatable bonds is 8. The molecule has 0 saturated carbocycles. The smallest absolute Gasteiger partial charge is 0.0492 e. The summed E-state index contributed by atoms with van der Waals surface area (Å²) in [4.78, 5) is 4.39. The third-order valence-corrected chi connectivity index (χ3v) is 3.64. The molecule has 4 heteroatoms. The molecule has 2 rings (SSSR count). The Labute approximate surface area is 121 Å². The lowest BCUT2D eigenvalue weighted by molar-refractivity contribution is 0.457. The summed E-state index contributed by atoms with van der Waals surface area (Å²) in [7, 11) is 2.01. The zero-order valence-corrected chi connectivity index (χ0v) is 12.4. The summed E-state index contributed by atoms with van der Waals surface area (Å²) in [5.74, 6) is 0. The standard InChI is InChI=1S/C16H24N4/c1-3-17-15(8-7-14-6-4-5-12-18-14)9-10-16-11-13-19-20(16)2/h4-6,11-13,15,17H,3,7-10H2,1-2H3. The highest BCUT2D eigenvalue weighted by Gasteiger charge is 2.09. The molecule has 2 aromatic rings. The highest BCUT2D eigenvalue weighted by atomic mass is 15.2. The van der Waals surface area contributed by atoms with Crippen molar-refractivity contribution in [1.82, 2.24) is 20.1 Å². The zero-order chi connectivity index (χ0) is 14.2. The second-order valence-corrected chi connectivity index (χ2v) is 5.10. The van der Waals surface area contributed by atoms with Crippen LogP contribution in [-0.2, 0) is 19.9 Å². The van der Waals surface area contributed by atoms with E-state index in [9.17, 15) is 0 Å². The van der Waals surface area contributed by atoms with Gasteiger partial charge in [0, 0.05) is 36.9 Å². The van der Waals surface area contributed by atoms with Crippen LogP contribution in [0.4, 0.5) is 0 Å². The Morgan fingerprint density at radius 1 is 1.15 bits per heavy atom. The fourth-order valence-electron chi connectivity index (χ4n) is 2.47. The van der Waals surface area contributed by atoms with Crippen molar-refractivity contribution in [2.75, 3.05) is 6.54 Å². The van der Waals surface area contributed by atoms with Crippen LogP contribution in [-0.4, -0.2) is 27.4 Å². The monoisotopic (exact) mass is 272 g/mol. The first-order valence-electron chi connectivity index (χ1n) is 7.39. The average molecular weight is 272 g/mol. The number of nitrogens with zero attached hydrogens (tertiary/aromatic N) is 3. The zero-order valence-electron chi connectivity index (χ0n) is 12.4. The van der Waals surface area contributed by atoms with Crippen LogP contribution in [0.2, 0.25) is 0 Å². The highest BCUT2D eigenvalue weighted by Crippen LogP contribution is 2.09. The summed E-state index contributed by atoms with van der Waals surface area (Å²) in [6.45, 7) is 3.18. The van der Waals surface area contributed by atoms with Gasteiger partial charge >= 0.3 is 0 Å². The Morgan fingerprint density at radius 2 is 2.00 bits per heavy atom. The SMILES string of the molecule is CCNC(CCc1ccccn1)CCc1ccnn1C. The summed E-state index contributed by atoms with van der Waals surface area (Å²) >= 11 is 0. The predicted octanol–water partition coefficient (Wildman–Crippen LogP) is 2.36. The molecule has 0 aromatic carbocycles. The van der Waals surface area contributed by atoms with Crippen molar-refractivity contribution >= 4 is 0 Å². The van der Waals surface area contributed by atoms with E-state index in [1.807, 2.05) is 30.2 Å². The molecule has 0 bridgehead atoms. The maximum atomic E-state index is 4.39. The summed E-state index contributed by atoms with van der Waals surface area (Å²) in [5, 5.41) is 7.80. The van der Waals surface area contributed by atoms with Gasteiger partial charge in [0.1, 0.15) is 0 Å². The summed E-state index contributed by atoms with van der Waals surface area (Å²) < 4.78 is 1.96. The fourth-order valence-corrected chi connectivity index (χ4v) is 2.47. The maximum absolute atomic E-state index is 4.39. The van der Waals surface area contributed by atoms with E-state index in [1.165, 1.54) is 11.4 Å². The molecule has 2 heterocycles. The normalized spacial score (nSPS) is 12.5. The summed E-state index contributed by atoms with van der Waals surface area (Å²) in [6, 6.07) is 8.76. The molecule has 1 unspecified atom stereocenters. The van der Waals surface area contributed by atoms with Crippen molar-refractivity contribution in [1.29, 1.82) is 0 Å². The van der Waals surface area contributed by atoms with Gasteiger partial charge in [0.25, 0.3) is 0 Å². The van der Waals surface area contributed by atoms with E-state index in [0.29, 0.717) is 6.04 Å². The predicted molar refractivity (Wildman–Crippen MR) is 81.6 cm³/mol. The molecular weight excluding hydrogens is 248 g/mol. The summed E-state index contributed by atoms with van der Waals surface area (Å²) in [6.07, 6.45) is 8.10. The van der Waals surface area contributed by atoms with Crippen molar-refractivity contribution in [3.8, 4) is 0 Å². The van der Waals surface area contributed by atoms with Crippen molar-refractivity contribution in [2.45, 2.75) is 38.6 Å². The quantitative estimate of drug-likeness (QED) is 0.802. The molecule has 0 spiro atoms. The Morgan fingerprint density at radius 3 is 2.65 bits per heavy atom. The summed E-state index contributed by atoms with van der Waals surface area (Å²) in [5.41, 5.74) is 2.47. The molecule has 20 heavy (non-hydrogen) atoms. The molecule has 0 fully saturated rings. The molecule has 108 valence electrons. The second-order valence-electron chi connectivity index (χ2n) is 5.10. The Balaban J connectivity index is 1.82. The Hall–Kier alpha value is -1.68. The maximum Gasteiger partial charge on any atom is 0.0492 e. The minimum absolute atomic E-state index is 0.539. The molecule has 0 aliphatic carbocycles. The van der Waals surface area contributed by atoms with Crippen LogP contribution in [0.1, 0.15) is 31.2 Å². The number of hydrogen-bond acceptors (Lipinski definition) is 3. The third kappa shape index (κ3) is 4.46. The van der Waals surface area contributed by atoms with Crippen molar-refractivity contribution in [2.24, 2.45) is 7.05 Å². The van der Waals surface area contributed by atoms with Gasteiger partial charge in [-0.2, -0.15) is 5.10 Å². The van der Waals surface area contributed by atoms with Gasteiger partial charge in [0.15, 0.2) is 0 Å². The third-order valence-electron chi connectivity index (χ3n) is 3.64. The second kappa shape index (κ2) is 7.80. The van der Waals surface area contributed by atoms with E-state index in [2.05, 4.69) is 40.5 Å². The van der Waals surface area contributed by atoms with E-state index in [-0.39, 0.29) is 0 Å². The molecular formula is C16H24N4. The van der Waals surface area contributed by atoms with Crippen LogP contribution in [0.3, 0.4) is 0 Å². The number of pyridine rings is 1. The lowest BCUT2D eigenvalue weighted by Gasteiger charge is -2.17. The van der Waals surface area contributed by atoms with Gasteiger partial charge < -0.3 is 5.32 Å². The first-order chi connectivity index (χ1) is 9.79. The molecule has 0 saturated heterocycles. The Kier molecular flexibility index (Phi) is 5.74. The van der Waals surface area contributed by atoms with Gasteiger partial charge in [-0.15, -0.1) is 0 Å². The minimum atomic E-state index is 0.539. The van der Waals surface area contributed by atoms with Crippen molar-refractivity contribution in [3.05, 3.63) is 48.0 Å². The number of aryl methyl sites for hydroxylation is 3. The van der Waals surface area contributed by atoms with E-state index < -0.39 is 0 Å². The van der Waals surface area contributed by atoms with Crippen molar-refractivity contribution < 1.29 is 0 Å². The van der Waals surface area contributed by atoms with Crippen LogP contribution in [0.25, 0.3) is 0 Å². The highest BCUT2D eigenvalue weighted by molar-refractivity contribution is 5.04. The average Bonchev–Trinajstić information content (AvgIpc) is 2.88. The van der Waals surface area contributed by atoms with Gasteiger partial charge in [-0.05, 0) is 50.4 Å². The number of hydrogen-bond donors (Lipinski definition) is 1. The van der Waals surface area contributed by atoms with E-state index in [1.54, 1.807) is 0 Å². The van der Waals surface area contributed by atoms with E-state index in [0.717, 1.165) is 32.2 Å². The molecule has 2 aromatic heterocycles. The molecule has 1 N–H and O–H groups in total. The minimum Gasteiger partial charge on any atom is -0.314 e. The van der Waals surface area contributed by atoms with Gasteiger partial charge in [-0.1, -0.05) is 13.0 Å². The molecule has 4 nitrogen and oxygen atoms in total. The molecule has 0 amide bonds. The van der Waals surface area contributed by atoms with Crippen LogP contribution >= 0.6 is 0 Å². The van der Waals surface area contributed by atoms with Crippen molar-refractivity contribution in [3.63, 3.8) is 0 Å². The Bertz CT molecular complexity index is 492. The largest absolute Gasteiger partial charge is 0.314 e. The van der Waals surface area contributed by atoms with Crippen LogP contribution in [0.15, 0.2) is 36.7 Å². The lowest BCUT2D eigenvalue weighted by atomic mass is 10.0. The van der Waals surface area contributed by atoms with Crippen LogP contribution in [0.5, 0.6) is 0 Å². The molecule has 0 radical (unpaired) electrons. The van der Waals surface area contributed by atoms with Gasteiger partial charge in [-0.25, -0.2) is 0 Å².